The van der Waals surface area contributed by atoms with E-state index in [4.69, 9.17) is 10.5 Å². The van der Waals surface area contributed by atoms with E-state index in [1.807, 2.05) is 0 Å². The SMILES string of the molecule is COCCC(C)NS(=O)(=O)c1cc(N)c(Br)cc1C. The molecule has 0 aliphatic heterocycles. The number of nitrogens with two attached hydrogens (primary N) is 1. The summed E-state index contributed by atoms with van der Waals surface area (Å²) < 4.78 is 32.8. The van der Waals surface area contributed by atoms with E-state index in [0.29, 0.717) is 28.8 Å². The molecule has 1 aromatic carbocycles. The molecule has 0 spiro atoms. The molecule has 0 radical (unpaired) electrons. The number of anilines is 1. The summed E-state index contributed by atoms with van der Waals surface area (Å²) in [6.07, 6.45) is 0.612. The number of hydrogen-bond donors (Lipinski definition) is 2. The highest BCUT2D eigenvalue weighted by Gasteiger charge is 2.20. The normalized spacial score (nSPS) is 13.5. The van der Waals surface area contributed by atoms with Crippen LogP contribution in [0.25, 0.3) is 0 Å². The third-order valence-corrected chi connectivity index (χ3v) is 5.11. The third kappa shape index (κ3) is 4.45. The van der Waals surface area contributed by atoms with Gasteiger partial charge in [0.25, 0.3) is 0 Å². The van der Waals surface area contributed by atoms with Crippen LogP contribution in [0.2, 0.25) is 0 Å². The van der Waals surface area contributed by atoms with Crippen LogP contribution in [0.1, 0.15) is 18.9 Å². The van der Waals surface area contributed by atoms with Gasteiger partial charge in [-0.05, 0) is 53.9 Å². The van der Waals surface area contributed by atoms with Gasteiger partial charge in [0.2, 0.25) is 10.0 Å². The van der Waals surface area contributed by atoms with Gasteiger partial charge in [0.1, 0.15) is 0 Å². The van der Waals surface area contributed by atoms with Crippen molar-refractivity contribution in [3.8, 4) is 0 Å². The zero-order chi connectivity index (χ0) is 14.6. The van der Waals surface area contributed by atoms with E-state index >= 15 is 0 Å². The number of nitrogen functional groups attached to an aromatic ring is 1. The number of sulfonamides is 1. The number of nitrogens with one attached hydrogen (secondary N) is 1. The fourth-order valence-electron chi connectivity index (χ4n) is 1.64. The first-order valence-electron chi connectivity index (χ1n) is 5.85. The molecule has 0 amide bonds. The molecule has 1 rings (SSSR count). The van der Waals surface area contributed by atoms with Crippen molar-refractivity contribution in [2.45, 2.75) is 31.2 Å². The van der Waals surface area contributed by atoms with Crippen molar-refractivity contribution < 1.29 is 13.2 Å². The zero-order valence-corrected chi connectivity index (χ0v) is 13.6. The minimum atomic E-state index is -3.57. The van der Waals surface area contributed by atoms with Crippen LogP contribution in [0, 0.1) is 6.92 Å². The number of aryl methyl sites for hydroxylation is 1. The fourth-order valence-corrected chi connectivity index (χ4v) is 3.64. The highest BCUT2D eigenvalue weighted by atomic mass is 79.9. The van der Waals surface area contributed by atoms with Gasteiger partial charge in [-0.25, -0.2) is 13.1 Å². The van der Waals surface area contributed by atoms with Gasteiger partial charge in [-0.15, -0.1) is 0 Å². The Morgan fingerprint density at radius 1 is 1.47 bits per heavy atom. The average molecular weight is 351 g/mol. The van der Waals surface area contributed by atoms with Crippen LogP contribution in [0.15, 0.2) is 21.5 Å². The number of benzene rings is 1. The van der Waals surface area contributed by atoms with E-state index in [-0.39, 0.29) is 10.9 Å². The molecular formula is C12H19BrN2O3S. The molecule has 1 unspecified atom stereocenters. The van der Waals surface area contributed by atoms with Crippen LogP contribution in [-0.2, 0) is 14.8 Å². The molecule has 0 fully saturated rings. The van der Waals surface area contributed by atoms with Crippen molar-refractivity contribution in [1.82, 2.24) is 4.72 Å². The highest BCUT2D eigenvalue weighted by Crippen LogP contribution is 2.26. The Morgan fingerprint density at radius 2 is 2.11 bits per heavy atom. The molecule has 7 heteroatoms. The summed E-state index contributed by atoms with van der Waals surface area (Å²) in [5.41, 5.74) is 6.78. The molecule has 108 valence electrons. The van der Waals surface area contributed by atoms with Crippen molar-refractivity contribution >= 4 is 31.6 Å². The van der Waals surface area contributed by atoms with Crippen LogP contribution in [0.3, 0.4) is 0 Å². The molecule has 1 atom stereocenters. The Morgan fingerprint density at radius 3 is 2.68 bits per heavy atom. The van der Waals surface area contributed by atoms with E-state index in [0.717, 1.165) is 0 Å². The minimum Gasteiger partial charge on any atom is -0.398 e. The van der Waals surface area contributed by atoms with Gasteiger partial charge in [-0.2, -0.15) is 0 Å². The lowest BCUT2D eigenvalue weighted by atomic mass is 10.2. The Hall–Kier alpha value is -0.630. The number of hydrogen-bond acceptors (Lipinski definition) is 4. The molecular weight excluding hydrogens is 332 g/mol. The molecule has 0 heterocycles. The summed E-state index contributed by atoms with van der Waals surface area (Å²) in [6.45, 7) is 4.04. The number of rotatable bonds is 6. The lowest BCUT2D eigenvalue weighted by molar-refractivity contribution is 0.188. The van der Waals surface area contributed by atoms with Crippen LogP contribution in [-0.4, -0.2) is 28.2 Å². The second kappa shape index (κ2) is 6.69. The predicted octanol–water partition coefficient (Wildman–Crippen LogP) is 2.04. The van der Waals surface area contributed by atoms with Gasteiger partial charge in [-0.3, -0.25) is 0 Å². The maximum Gasteiger partial charge on any atom is 0.241 e. The average Bonchev–Trinajstić information content (AvgIpc) is 2.30. The monoisotopic (exact) mass is 350 g/mol. The zero-order valence-electron chi connectivity index (χ0n) is 11.2. The first kappa shape index (κ1) is 16.4. The summed E-state index contributed by atoms with van der Waals surface area (Å²) in [5, 5.41) is 0. The molecule has 5 nitrogen and oxygen atoms in total. The Labute approximate surface area is 122 Å². The van der Waals surface area contributed by atoms with Crippen molar-refractivity contribution in [2.75, 3.05) is 19.5 Å². The standard InChI is InChI=1S/C12H19BrN2O3S/c1-8-6-10(13)11(14)7-12(8)19(16,17)15-9(2)4-5-18-3/h6-7,9,15H,4-5,14H2,1-3H3. The fraction of sp³-hybridized carbons (Fsp3) is 0.500. The van der Waals surface area contributed by atoms with Gasteiger partial charge < -0.3 is 10.5 Å². The molecule has 0 saturated carbocycles. The van der Waals surface area contributed by atoms with Gasteiger partial charge in [-0.1, -0.05) is 0 Å². The quantitative estimate of drug-likeness (QED) is 0.769. The van der Waals surface area contributed by atoms with Crippen molar-refractivity contribution in [2.24, 2.45) is 0 Å². The number of halogens is 1. The molecule has 0 aliphatic rings. The van der Waals surface area contributed by atoms with Gasteiger partial charge in [0.15, 0.2) is 0 Å². The summed E-state index contributed by atoms with van der Waals surface area (Å²) in [4.78, 5) is 0.206. The van der Waals surface area contributed by atoms with Crippen LogP contribution >= 0.6 is 15.9 Å². The molecule has 19 heavy (non-hydrogen) atoms. The smallest absolute Gasteiger partial charge is 0.241 e. The van der Waals surface area contributed by atoms with Gasteiger partial charge in [0, 0.05) is 29.9 Å². The van der Waals surface area contributed by atoms with Crippen molar-refractivity contribution in [3.05, 3.63) is 22.2 Å². The Bertz CT molecular complexity index is 546. The van der Waals surface area contributed by atoms with Gasteiger partial charge in [0.05, 0.1) is 4.90 Å². The molecule has 3 N–H and O–H groups in total. The van der Waals surface area contributed by atoms with Crippen LogP contribution in [0.4, 0.5) is 5.69 Å². The van der Waals surface area contributed by atoms with Gasteiger partial charge >= 0.3 is 0 Å². The Balaban J connectivity index is 2.98. The summed E-state index contributed by atoms with van der Waals surface area (Å²) in [7, 11) is -1.98. The highest BCUT2D eigenvalue weighted by molar-refractivity contribution is 9.10. The lowest BCUT2D eigenvalue weighted by Gasteiger charge is -2.16. The second-order valence-corrected chi connectivity index (χ2v) is 6.98. The maximum atomic E-state index is 12.3. The Kier molecular flexibility index (Phi) is 5.79. The lowest BCUT2D eigenvalue weighted by Crippen LogP contribution is -2.33. The molecule has 0 saturated heterocycles. The molecule has 0 bridgehead atoms. The largest absolute Gasteiger partial charge is 0.398 e. The summed E-state index contributed by atoms with van der Waals surface area (Å²) in [5.74, 6) is 0. The van der Waals surface area contributed by atoms with Crippen molar-refractivity contribution in [1.29, 1.82) is 0 Å². The summed E-state index contributed by atoms with van der Waals surface area (Å²) >= 11 is 3.28. The van der Waals surface area contributed by atoms with Crippen LogP contribution in [0.5, 0.6) is 0 Å². The van der Waals surface area contributed by atoms with E-state index in [9.17, 15) is 8.42 Å². The first-order valence-corrected chi connectivity index (χ1v) is 8.12. The van der Waals surface area contributed by atoms with E-state index in [1.165, 1.54) is 6.07 Å². The maximum absolute atomic E-state index is 12.3. The number of ether oxygens (including phenoxy) is 1. The second-order valence-electron chi connectivity index (χ2n) is 4.44. The van der Waals surface area contributed by atoms with Crippen LogP contribution < -0.4 is 10.5 Å². The molecule has 0 aliphatic carbocycles. The molecule has 0 aromatic heterocycles. The van der Waals surface area contributed by atoms with E-state index in [2.05, 4.69) is 20.7 Å². The third-order valence-electron chi connectivity index (χ3n) is 2.70. The van der Waals surface area contributed by atoms with E-state index < -0.39 is 10.0 Å². The topological polar surface area (TPSA) is 81.4 Å². The predicted molar refractivity (Wildman–Crippen MR) is 79.6 cm³/mol. The number of methoxy groups -OCH3 is 1. The molecule has 1 aromatic rings. The van der Waals surface area contributed by atoms with E-state index in [1.54, 1.807) is 27.0 Å². The minimum absolute atomic E-state index is 0.200. The van der Waals surface area contributed by atoms with Crippen molar-refractivity contribution in [3.63, 3.8) is 0 Å². The first-order chi connectivity index (χ1) is 8.77. The summed E-state index contributed by atoms with van der Waals surface area (Å²) in [6, 6.07) is 2.96.